The maximum atomic E-state index is 12.8. The summed E-state index contributed by atoms with van der Waals surface area (Å²) in [5, 5.41) is 7.32. The first-order valence-corrected chi connectivity index (χ1v) is 6.39. The average Bonchev–Trinajstić information content (AvgIpc) is 2.33. The standard InChI is InChI=1S/C14H20F3N3/c1-9(2)6-7-20(3)10-4-5-12(14(15,16)17)11(8-10)13(18)19/h4-5,8-9H,6-7H2,1-3H3,(H3,18,19). The summed E-state index contributed by atoms with van der Waals surface area (Å²) >= 11 is 0. The second-order valence-corrected chi connectivity index (χ2v) is 5.25. The summed E-state index contributed by atoms with van der Waals surface area (Å²) in [5.41, 5.74) is 4.75. The minimum atomic E-state index is -4.50. The Morgan fingerprint density at radius 1 is 1.35 bits per heavy atom. The van der Waals surface area contributed by atoms with Gasteiger partial charge >= 0.3 is 6.18 Å². The molecule has 0 heterocycles. The van der Waals surface area contributed by atoms with Gasteiger partial charge in [-0.2, -0.15) is 13.2 Å². The molecule has 3 N–H and O–H groups in total. The lowest BCUT2D eigenvalue weighted by Gasteiger charge is -2.22. The molecule has 0 aliphatic heterocycles. The Balaban J connectivity index is 3.08. The number of benzene rings is 1. The van der Waals surface area contributed by atoms with Crippen molar-refractivity contribution in [2.75, 3.05) is 18.5 Å². The van der Waals surface area contributed by atoms with Gasteiger partial charge in [-0.25, -0.2) is 0 Å². The molecule has 1 rings (SSSR count). The topological polar surface area (TPSA) is 53.1 Å². The summed E-state index contributed by atoms with van der Waals surface area (Å²) in [5.74, 6) is -0.0596. The van der Waals surface area contributed by atoms with Crippen LogP contribution in [0.3, 0.4) is 0 Å². The summed E-state index contributed by atoms with van der Waals surface area (Å²) < 4.78 is 38.5. The van der Waals surface area contributed by atoms with E-state index < -0.39 is 17.6 Å². The fourth-order valence-corrected chi connectivity index (χ4v) is 1.82. The smallest absolute Gasteiger partial charge is 0.384 e. The molecule has 20 heavy (non-hydrogen) atoms. The van der Waals surface area contributed by atoms with Crippen molar-refractivity contribution >= 4 is 11.5 Å². The van der Waals surface area contributed by atoms with Crippen molar-refractivity contribution in [1.29, 1.82) is 5.41 Å². The molecule has 0 unspecified atom stereocenters. The van der Waals surface area contributed by atoms with Crippen LogP contribution in [0.2, 0.25) is 0 Å². The third-order valence-corrected chi connectivity index (χ3v) is 3.08. The third kappa shape index (κ3) is 4.15. The molecule has 0 spiro atoms. The van der Waals surface area contributed by atoms with Gasteiger partial charge in [-0.05, 0) is 30.5 Å². The molecule has 0 aliphatic rings. The molecule has 6 heteroatoms. The van der Waals surface area contributed by atoms with Crippen LogP contribution < -0.4 is 10.6 Å². The first kappa shape index (κ1) is 16.3. The number of amidine groups is 1. The molecule has 0 aliphatic carbocycles. The van der Waals surface area contributed by atoms with Gasteiger partial charge in [0.1, 0.15) is 5.84 Å². The summed E-state index contributed by atoms with van der Waals surface area (Å²) in [6.45, 7) is 4.91. The van der Waals surface area contributed by atoms with Gasteiger partial charge in [0.05, 0.1) is 5.56 Å². The highest BCUT2D eigenvalue weighted by molar-refractivity contribution is 5.97. The summed E-state index contributed by atoms with van der Waals surface area (Å²) in [6, 6.07) is 3.72. The number of halogens is 3. The molecule has 0 saturated carbocycles. The molecule has 0 aromatic heterocycles. The van der Waals surface area contributed by atoms with Gasteiger partial charge in [0, 0.05) is 24.8 Å². The summed E-state index contributed by atoms with van der Waals surface area (Å²) in [7, 11) is 1.81. The van der Waals surface area contributed by atoms with Gasteiger partial charge in [0.25, 0.3) is 0 Å². The number of hydrogen-bond donors (Lipinski definition) is 2. The van der Waals surface area contributed by atoms with Crippen LogP contribution in [-0.2, 0) is 6.18 Å². The first-order chi connectivity index (χ1) is 9.12. The van der Waals surface area contributed by atoms with E-state index in [1.54, 1.807) is 0 Å². The third-order valence-electron chi connectivity index (χ3n) is 3.08. The summed E-state index contributed by atoms with van der Waals surface area (Å²) in [4.78, 5) is 1.87. The van der Waals surface area contributed by atoms with Crippen LogP contribution in [0, 0.1) is 11.3 Å². The zero-order chi connectivity index (χ0) is 15.5. The van der Waals surface area contributed by atoms with Crippen molar-refractivity contribution in [3.8, 4) is 0 Å². The van der Waals surface area contributed by atoms with Crippen LogP contribution in [0.25, 0.3) is 0 Å². The molecule has 0 atom stereocenters. The molecule has 0 fully saturated rings. The van der Waals surface area contributed by atoms with E-state index in [4.69, 9.17) is 11.1 Å². The van der Waals surface area contributed by atoms with Gasteiger partial charge in [-0.1, -0.05) is 13.8 Å². The molecule has 3 nitrogen and oxygen atoms in total. The van der Waals surface area contributed by atoms with Gasteiger partial charge < -0.3 is 10.6 Å². The highest BCUT2D eigenvalue weighted by Gasteiger charge is 2.34. The van der Waals surface area contributed by atoms with Crippen molar-refractivity contribution in [2.45, 2.75) is 26.4 Å². The fourth-order valence-electron chi connectivity index (χ4n) is 1.82. The molecule has 1 aromatic rings. The number of nitrogens with two attached hydrogens (primary N) is 1. The number of nitrogen functional groups attached to an aromatic ring is 1. The Hall–Kier alpha value is -1.72. The predicted octanol–water partition coefficient (Wildman–Crippen LogP) is 3.47. The molecule has 0 radical (unpaired) electrons. The van der Waals surface area contributed by atoms with Crippen LogP contribution in [0.4, 0.5) is 18.9 Å². The minimum absolute atomic E-state index is 0.272. The molecule has 0 bridgehead atoms. The highest BCUT2D eigenvalue weighted by Crippen LogP contribution is 2.33. The Kier molecular flexibility index (Phi) is 5.03. The van der Waals surface area contributed by atoms with Crippen molar-refractivity contribution in [2.24, 2.45) is 11.7 Å². The zero-order valence-electron chi connectivity index (χ0n) is 11.9. The molecular formula is C14H20F3N3. The molecule has 0 amide bonds. The van der Waals surface area contributed by atoms with E-state index in [0.717, 1.165) is 19.0 Å². The second-order valence-electron chi connectivity index (χ2n) is 5.25. The number of alkyl halides is 3. The minimum Gasteiger partial charge on any atom is -0.384 e. The van der Waals surface area contributed by atoms with Crippen LogP contribution in [0.5, 0.6) is 0 Å². The fraction of sp³-hybridized carbons (Fsp3) is 0.500. The Morgan fingerprint density at radius 3 is 2.40 bits per heavy atom. The van der Waals surface area contributed by atoms with Crippen LogP contribution >= 0.6 is 0 Å². The number of rotatable bonds is 5. The lowest BCUT2D eigenvalue weighted by Crippen LogP contribution is -2.23. The van der Waals surface area contributed by atoms with Gasteiger partial charge in [-0.3, -0.25) is 5.41 Å². The first-order valence-electron chi connectivity index (χ1n) is 6.39. The predicted molar refractivity (Wildman–Crippen MR) is 75.2 cm³/mol. The molecule has 112 valence electrons. The van der Waals surface area contributed by atoms with Gasteiger partial charge in [0.2, 0.25) is 0 Å². The van der Waals surface area contributed by atoms with Crippen molar-refractivity contribution in [3.63, 3.8) is 0 Å². The van der Waals surface area contributed by atoms with Crippen molar-refractivity contribution in [1.82, 2.24) is 0 Å². The van der Waals surface area contributed by atoms with Crippen molar-refractivity contribution < 1.29 is 13.2 Å². The van der Waals surface area contributed by atoms with Crippen molar-refractivity contribution in [3.05, 3.63) is 29.3 Å². The average molecular weight is 287 g/mol. The highest BCUT2D eigenvalue weighted by atomic mass is 19.4. The summed E-state index contributed by atoms with van der Waals surface area (Å²) in [6.07, 6.45) is -3.57. The molecule has 1 aromatic carbocycles. The van der Waals surface area contributed by atoms with Gasteiger partial charge in [-0.15, -0.1) is 0 Å². The zero-order valence-corrected chi connectivity index (χ0v) is 11.9. The number of hydrogen-bond acceptors (Lipinski definition) is 2. The van der Waals surface area contributed by atoms with Crippen LogP contribution in [0.1, 0.15) is 31.4 Å². The number of nitrogens with zero attached hydrogens (tertiary/aromatic N) is 1. The van der Waals surface area contributed by atoms with E-state index in [9.17, 15) is 13.2 Å². The monoisotopic (exact) mass is 287 g/mol. The lowest BCUT2D eigenvalue weighted by atomic mass is 10.0. The maximum Gasteiger partial charge on any atom is 0.417 e. The van der Waals surface area contributed by atoms with E-state index in [-0.39, 0.29) is 5.56 Å². The van der Waals surface area contributed by atoms with E-state index >= 15 is 0 Å². The van der Waals surface area contributed by atoms with E-state index in [0.29, 0.717) is 11.6 Å². The van der Waals surface area contributed by atoms with E-state index in [2.05, 4.69) is 13.8 Å². The molecular weight excluding hydrogens is 267 g/mol. The van der Waals surface area contributed by atoms with E-state index in [1.807, 2.05) is 11.9 Å². The lowest BCUT2D eigenvalue weighted by molar-refractivity contribution is -0.137. The second kappa shape index (κ2) is 6.15. The maximum absolute atomic E-state index is 12.8. The Morgan fingerprint density at radius 2 is 1.95 bits per heavy atom. The Labute approximate surface area is 117 Å². The SMILES string of the molecule is CC(C)CCN(C)c1ccc(C(F)(F)F)c(C(=N)N)c1. The largest absolute Gasteiger partial charge is 0.417 e. The quantitative estimate of drug-likeness (QED) is 0.643. The van der Waals surface area contributed by atoms with E-state index in [1.165, 1.54) is 12.1 Å². The number of anilines is 1. The van der Waals surface area contributed by atoms with Gasteiger partial charge in [0.15, 0.2) is 0 Å². The van der Waals surface area contributed by atoms with Crippen LogP contribution in [-0.4, -0.2) is 19.4 Å². The molecule has 0 saturated heterocycles. The van der Waals surface area contributed by atoms with Crippen LogP contribution in [0.15, 0.2) is 18.2 Å². The Bertz CT molecular complexity index is 481. The number of nitrogens with one attached hydrogen (secondary N) is 1. The normalized spacial score (nSPS) is 11.8.